The van der Waals surface area contributed by atoms with Gasteiger partial charge < -0.3 is 10.1 Å². The third kappa shape index (κ3) is 3.84. The largest absolute Gasteiger partial charge is 0.490 e. The van der Waals surface area contributed by atoms with Gasteiger partial charge in [0.05, 0.1) is 12.0 Å². The normalized spacial score (nSPS) is 15.9. The molecule has 104 valence electrons. The van der Waals surface area contributed by atoms with Crippen LogP contribution in [0.15, 0.2) is 18.2 Å². The molecule has 1 aromatic carbocycles. The molecule has 1 unspecified atom stereocenters. The van der Waals surface area contributed by atoms with Crippen LogP contribution in [0.4, 0.5) is 11.4 Å². The van der Waals surface area contributed by atoms with Crippen LogP contribution in [0.5, 0.6) is 5.75 Å². The van der Waals surface area contributed by atoms with Crippen LogP contribution in [0.2, 0.25) is 0 Å². The van der Waals surface area contributed by atoms with E-state index < -0.39 is 4.92 Å². The molecule has 1 aliphatic rings. The number of benzene rings is 1. The smallest absolute Gasteiger partial charge is 0.311 e. The van der Waals surface area contributed by atoms with Gasteiger partial charge in [0.25, 0.3) is 0 Å². The van der Waals surface area contributed by atoms with Crippen molar-refractivity contribution in [3.63, 3.8) is 0 Å². The first kappa shape index (κ1) is 13.6. The maximum absolute atomic E-state index is 10.8. The average Bonchev–Trinajstić information content (AvgIpc) is 3.20. The van der Waals surface area contributed by atoms with Crippen LogP contribution < -0.4 is 10.1 Å². The molecule has 0 spiro atoms. The molecule has 1 fully saturated rings. The highest BCUT2D eigenvalue weighted by atomic mass is 16.6. The van der Waals surface area contributed by atoms with Crippen LogP contribution >= 0.6 is 0 Å². The van der Waals surface area contributed by atoms with Crippen molar-refractivity contribution in [2.45, 2.75) is 38.6 Å². The predicted octanol–water partition coefficient (Wildman–Crippen LogP) is 3.59. The van der Waals surface area contributed by atoms with Crippen molar-refractivity contribution in [1.29, 1.82) is 0 Å². The second-order valence-electron chi connectivity index (χ2n) is 5.21. The van der Waals surface area contributed by atoms with Crippen LogP contribution in [-0.2, 0) is 0 Å². The molecule has 0 radical (unpaired) electrons. The summed E-state index contributed by atoms with van der Waals surface area (Å²) in [6.07, 6.45) is 5.14. The molecule has 5 heteroatoms. The highest BCUT2D eigenvalue weighted by Crippen LogP contribution is 2.34. The first-order chi connectivity index (χ1) is 9.10. The van der Waals surface area contributed by atoms with Crippen molar-refractivity contribution in [3.8, 4) is 5.75 Å². The summed E-state index contributed by atoms with van der Waals surface area (Å²) >= 11 is 0. The van der Waals surface area contributed by atoms with Gasteiger partial charge in [0.1, 0.15) is 0 Å². The van der Waals surface area contributed by atoms with Crippen molar-refractivity contribution in [3.05, 3.63) is 28.3 Å². The van der Waals surface area contributed by atoms with E-state index >= 15 is 0 Å². The Morgan fingerprint density at radius 3 is 2.84 bits per heavy atom. The number of nitro groups is 1. The maximum atomic E-state index is 10.8. The van der Waals surface area contributed by atoms with Crippen molar-refractivity contribution in [2.24, 2.45) is 5.92 Å². The fourth-order valence-electron chi connectivity index (χ4n) is 2.17. The summed E-state index contributed by atoms with van der Waals surface area (Å²) in [5.41, 5.74) is 0.865. The number of nitrogens with one attached hydrogen (secondary N) is 1. The van der Waals surface area contributed by atoms with Gasteiger partial charge in [-0.3, -0.25) is 10.1 Å². The highest BCUT2D eigenvalue weighted by molar-refractivity contribution is 5.58. The van der Waals surface area contributed by atoms with E-state index in [0.717, 1.165) is 18.0 Å². The number of nitrogens with zero attached hydrogens (tertiary/aromatic N) is 1. The zero-order valence-electron chi connectivity index (χ0n) is 11.4. The van der Waals surface area contributed by atoms with Crippen molar-refractivity contribution in [1.82, 2.24) is 0 Å². The van der Waals surface area contributed by atoms with Gasteiger partial charge in [0.2, 0.25) is 0 Å². The van der Waals surface area contributed by atoms with Crippen LogP contribution in [0.25, 0.3) is 0 Å². The van der Waals surface area contributed by atoms with E-state index in [9.17, 15) is 10.1 Å². The Balaban J connectivity index is 1.97. The lowest BCUT2D eigenvalue weighted by atomic mass is 10.1. The van der Waals surface area contributed by atoms with Gasteiger partial charge >= 0.3 is 5.69 Å². The molecule has 1 saturated carbocycles. The van der Waals surface area contributed by atoms with Gasteiger partial charge in [0.15, 0.2) is 5.75 Å². The van der Waals surface area contributed by atoms with Crippen LogP contribution in [-0.4, -0.2) is 18.1 Å². The molecule has 0 aromatic heterocycles. The standard InChI is InChI=1S/C14H20N2O3/c1-10(3-4-11-5-6-11)15-12-7-8-13(16(17)18)14(9-12)19-2/h7-11,15H,3-6H2,1-2H3. The Morgan fingerprint density at radius 1 is 1.53 bits per heavy atom. The number of rotatable bonds is 7. The SMILES string of the molecule is COc1cc(NC(C)CCC2CC2)ccc1[N+](=O)[O-]. The fourth-order valence-corrected chi connectivity index (χ4v) is 2.17. The molecular formula is C14H20N2O3. The molecule has 1 atom stereocenters. The zero-order chi connectivity index (χ0) is 13.8. The third-order valence-electron chi connectivity index (χ3n) is 3.49. The predicted molar refractivity (Wildman–Crippen MR) is 74.7 cm³/mol. The second-order valence-corrected chi connectivity index (χ2v) is 5.21. The van der Waals surface area contributed by atoms with E-state index in [-0.39, 0.29) is 5.69 Å². The van der Waals surface area contributed by atoms with Gasteiger partial charge in [0, 0.05) is 23.9 Å². The molecule has 0 amide bonds. The lowest BCUT2D eigenvalue weighted by Gasteiger charge is -2.15. The number of ether oxygens (including phenoxy) is 1. The van der Waals surface area contributed by atoms with Gasteiger partial charge in [-0.1, -0.05) is 12.8 Å². The number of hydrogen-bond acceptors (Lipinski definition) is 4. The maximum Gasteiger partial charge on any atom is 0.311 e. The molecular weight excluding hydrogens is 244 g/mol. The molecule has 19 heavy (non-hydrogen) atoms. The molecule has 0 heterocycles. The van der Waals surface area contributed by atoms with Crippen molar-refractivity contribution < 1.29 is 9.66 Å². The van der Waals surface area contributed by atoms with Gasteiger partial charge in [-0.15, -0.1) is 0 Å². The van der Waals surface area contributed by atoms with E-state index in [4.69, 9.17) is 4.74 Å². The molecule has 2 rings (SSSR count). The molecule has 0 bridgehead atoms. The molecule has 0 aliphatic heterocycles. The van der Waals surface area contributed by atoms with E-state index in [0.29, 0.717) is 11.8 Å². The number of methoxy groups -OCH3 is 1. The molecule has 1 aliphatic carbocycles. The molecule has 1 N–H and O–H groups in total. The van der Waals surface area contributed by atoms with E-state index in [1.165, 1.54) is 32.4 Å². The summed E-state index contributed by atoms with van der Waals surface area (Å²) < 4.78 is 5.06. The Bertz CT molecular complexity index is 458. The van der Waals surface area contributed by atoms with Gasteiger partial charge in [-0.2, -0.15) is 0 Å². The molecule has 0 saturated heterocycles. The Labute approximate surface area is 113 Å². The monoisotopic (exact) mass is 264 g/mol. The van der Waals surface area contributed by atoms with Crippen LogP contribution in [0.3, 0.4) is 0 Å². The van der Waals surface area contributed by atoms with Gasteiger partial charge in [-0.25, -0.2) is 0 Å². The minimum atomic E-state index is -0.431. The topological polar surface area (TPSA) is 64.4 Å². The Kier molecular flexibility index (Phi) is 4.24. The summed E-state index contributed by atoms with van der Waals surface area (Å²) in [5, 5.41) is 14.2. The summed E-state index contributed by atoms with van der Waals surface area (Å²) in [6, 6.07) is 5.27. The number of hydrogen-bond donors (Lipinski definition) is 1. The van der Waals surface area contributed by atoms with Crippen LogP contribution in [0.1, 0.15) is 32.6 Å². The quantitative estimate of drug-likeness (QED) is 0.603. The third-order valence-corrected chi connectivity index (χ3v) is 3.49. The lowest BCUT2D eigenvalue weighted by Crippen LogP contribution is -2.15. The first-order valence-corrected chi connectivity index (χ1v) is 6.69. The van der Waals surface area contributed by atoms with Crippen LogP contribution in [0, 0.1) is 16.0 Å². The van der Waals surface area contributed by atoms with Gasteiger partial charge in [-0.05, 0) is 31.7 Å². The second kappa shape index (κ2) is 5.91. The minimum Gasteiger partial charge on any atom is -0.490 e. The van der Waals surface area contributed by atoms with E-state index in [1.54, 1.807) is 12.1 Å². The summed E-state index contributed by atoms with van der Waals surface area (Å²) in [7, 11) is 1.45. The van der Waals surface area contributed by atoms with Crippen molar-refractivity contribution in [2.75, 3.05) is 12.4 Å². The van der Waals surface area contributed by atoms with Crippen molar-refractivity contribution >= 4 is 11.4 Å². The fraction of sp³-hybridized carbons (Fsp3) is 0.571. The summed E-state index contributed by atoms with van der Waals surface area (Å²) in [4.78, 5) is 10.4. The van der Waals surface area contributed by atoms with E-state index in [1.807, 2.05) is 0 Å². The highest BCUT2D eigenvalue weighted by Gasteiger charge is 2.21. The van der Waals surface area contributed by atoms with E-state index in [2.05, 4.69) is 12.2 Å². The zero-order valence-corrected chi connectivity index (χ0v) is 11.4. The Morgan fingerprint density at radius 2 is 2.26 bits per heavy atom. The Hall–Kier alpha value is -1.78. The number of anilines is 1. The molecule has 5 nitrogen and oxygen atoms in total. The summed E-state index contributed by atoms with van der Waals surface area (Å²) in [6.45, 7) is 2.14. The molecule has 1 aromatic rings. The summed E-state index contributed by atoms with van der Waals surface area (Å²) in [5.74, 6) is 1.22. The lowest BCUT2D eigenvalue weighted by molar-refractivity contribution is -0.385. The number of nitro benzene ring substituents is 1. The first-order valence-electron chi connectivity index (χ1n) is 6.69. The minimum absolute atomic E-state index is 0.00122. The average molecular weight is 264 g/mol.